The molecule has 5 nitrogen and oxygen atoms in total. The number of halogens is 1. The molecule has 1 aromatic carbocycles. The van der Waals surface area contributed by atoms with Crippen molar-refractivity contribution in [3.05, 3.63) is 29.8 Å². The Bertz CT molecular complexity index is 627. The minimum absolute atomic E-state index is 0.0403. The number of nitrogens with zero attached hydrogens (tertiary/aromatic N) is 1. The summed E-state index contributed by atoms with van der Waals surface area (Å²) in [5.41, 5.74) is 0.929. The Balaban J connectivity index is 1.95. The Morgan fingerprint density at radius 1 is 1.32 bits per heavy atom. The predicted octanol–water partition coefficient (Wildman–Crippen LogP) is 2.39. The average molecular weight is 346 g/mol. The van der Waals surface area contributed by atoms with Crippen LogP contribution in [0.15, 0.2) is 24.3 Å². The molecule has 1 atom stereocenters. The van der Waals surface area contributed by atoms with E-state index in [0.717, 1.165) is 11.3 Å². The zero-order chi connectivity index (χ0) is 16.3. The van der Waals surface area contributed by atoms with E-state index < -0.39 is 14.3 Å². The third-order valence-electron chi connectivity index (χ3n) is 3.46. The van der Waals surface area contributed by atoms with Crippen molar-refractivity contribution in [3.63, 3.8) is 0 Å². The van der Waals surface area contributed by atoms with Gasteiger partial charge in [0.25, 0.3) is 0 Å². The van der Waals surface area contributed by atoms with Crippen molar-refractivity contribution in [1.29, 1.82) is 0 Å². The number of hydrogen-bond acceptors (Lipinski definition) is 4. The maximum absolute atomic E-state index is 11.9. The molecule has 0 spiro atoms. The molecule has 1 heterocycles. The monoisotopic (exact) mass is 345 g/mol. The molecule has 1 aliphatic rings. The van der Waals surface area contributed by atoms with Gasteiger partial charge in [-0.1, -0.05) is 26.0 Å². The first-order valence-electron chi connectivity index (χ1n) is 7.18. The molecular formula is C15H20ClNO4S. The first kappa shape index (κ1) is 17.1. The maximum atomic E-state index is 11.9. The van der Waals surface area contributed by atoms with Crippen LogP contribution in [0.1, 0.15) is 25.8 Å². The van der Waals surface area contributed by atoms with Crippen molar-refractivity contribution in [2.24, 2.45) is 5.92 Å². The van der Waals surface area contributed by atoms with Crippen LogP contribution < -0.4 is 4.74 Å². The molecule has 1 aliphatic heterocycles. The molecule has 0 aliphatic carbocycles. The van der Waals surface area contributed by atoms with Crippen molar-refractivity contribution >= 4 is 25.6 Å². The molecule has 0 saturated carbocycles. The van der Waals surface area contributed by atoms with E-state index >= 15 is 0 Å². The van der Waals surface area contributed by atoms with Gasteiger partial charge < -0.3 is 9.64 Å². The van der Waals surface area contributed by atoms with Crippen molar-refractivity contribution in [2.75, 3.05) is 13.2 Å². The lowest BCUT2D eigenvalue weighted by atomic mass is 10.2. The number of benzene rings is 1. The third kappa shape index (κ3) is 4.61. The molecule has 1 unspecified atom stereocenters. The molecule has 122 valence electrons. The summed E-state index contributed by atoms with van der Waals surface area (Å²) in [4.78, 5) is 13.4. The molecule has 0 aromatic heterocycles. The summed E-state index contributed by atoms with van der Waals surface area (Å²) in [6.07, 6.45) is -0.0403. The minimum Gasteiger partial charge on any atom is -0.493 e. The molecule has 0 bridgehead atoms. The maximum Gasteiger partial charge on any atom is 0.237 e. The molecule has 1 aromatic rings. The van der Waals surface area contributed by atoms with Gasteiger partial charge in [0.05, 0.1) is 6.61 Å². The third-order valence-corrected chi connectivity index (χ3v) is 5.33. The van der Waals surface area contributed by atoms with E-state index in [1.165, 1.54) is 4.90 Å². The topological polar surface area (TPSA) is 63.7 Å². The zero-order valence-corrected chi connectivity index (χ0v) is 14.2. The average Bonchev–Trinajstić information content (AvgIpc) is 2.79. The summed E-state index contributed by atoms with van der Waals surface area (Å²) in [7, 11) is 1.64. The summed E-state index contributed by atoms with van der Waals surface area (Å²) in [5, 5.41) is -0.810. The Morgan fingerprint density at radius 3 is 2.45 bits per heavy atom. The second-order valence-corrected chi connectivity index (χ2v) is 8.83. The highest BCUT2D eigenvalue weighted by Crippen LogP contribution is 2.23. The molecule has 0 N–H and O–H groups in total. The molecule has 22 heavy (non-hydrogen) atoms. The fraction of sp³-hybridized carbons (Fsp3) is 0.533. The van der Waals surface area contributed by atoms with Crippen molar-refractivity contribution in [1.82, 2.24) is 4.90 Å². The van der Waals surface area contributed by atoms with Crippen molar-refractivity contribution in [3.8, 4) is 5.75 Å². The molecule has 7 heteroatoms. The van der Waals surface area contributed by atoms with Crippen LogP contribution in [0.3, 0.4) is 0 Å². The summed E-state index contributed by atoms with van der Waals surface area (Å²) >= 11 is 0. The lowest BCUT2D eigenvalue weighted by molar-refractivity contribution is -0.128. The Morgan fingerprint density at radius 2 is 1.95 bits per heavy atom. The van der Waals surface area contributed by atoms with Gasteiger partial charge in [-0.25, -0.2) is 8.42 Å². The zero-order valence-electron chi connectivity index (χ0n) is 12.7. The predicted molar refractivity (Wildman–Crippen MR) is 85.4 cm³/mol. The van der Waals surface area contributed by atoms with E-state index in [-0.39, 0.29) is 18.9 Å². The van der Waals surface area contributed by atoms with Gasteiger partial charge in [0.2, 0.25) is 15.0 Å². The second kappa shape index (κ2) is 6.87. The van der Waals surface area contributed by atoms with Crippen molar-refractivity contribution in [2.45, 2.75) is 32.1 Å². The fourth-order valence-electron chi connectivity index (χ4n) is 2.25. The van der Waals surface area contributed by atoms with E-state index in [1.54, 1.807) is 0 Å². The number of amides is 1. The summed E-state index contributed by atoms with van der Waals surface area (Å²) in [6, 6.07) is 7.47. The second-order valence-electron chi connectivity index (χ2n) is 5.92. The van der Waals surface area contributed by atoms with Gasteiger partial charge in [0, 0.05) is 30.2 Å². The quantitative estimate of drug-likeness (QED) is 0.743. The highest BCUT2D eigenvalue weighted by molar-refractivity contribution is 8.14. The van der Waals surface area contributed by atoms with Crippen molar-refractivity contribution < 1.29 is 17.9 Å². The Kier molecular flexibility index (Phi) is 5.34. The van der Waals surface area contributed by atoms with Gasteiger partial charge in [-0.15, -0.1) is 0 Å². The summed E-state index contributed by atoms with van der Waals surface area (Å²) < 4.78 is 28.2. The van der Waals surface area contributed by atoms with Gasteiger partial charge >= 0.3 is 0 Å². The van der Waals surface area contributed by atoms with Crippen LogP contribution in [-0.2, 0) is 20.4 Å². The molecule has 1 fully saturated rings. The Labute approximate surface area is 135 Å². The lowest BCUT2D eigenvalue weighted by Crippen LogP contribution is -2.26. The number of carbonyl (C=O) groups excluding carboxylic acids is 1. The number of ether oxygens (including phenoxy) is 1. The standard InChI is InChI=1S/C15H20ClNO4S/c1-11(2)10-21-13-5-3-12(4-6-13)8-17-9-14(7-15(17)18)22(16,19)20/h3-6,11,14H,7-10H2,1-2H3. The highest BCUT2D eigenvalue weighted by atomic mass is 35.7. The smallest absolute Gasteiger partial charge is 0.237 e. The normalized spacial score (nSPS) is 19.0. The van der Waals surface area contributed by atoms with E-state index in [2.05, 4.69) is 13.8 Å². The first-order chi connectivity index (χ1) is 10.3. The molecule has 0 radical (unpaired) electrons. The molecule has 1 amide bonds. The lowest BCUT2D eigenvalue weighted by Gasteiger charge is -2.16. The Hall–Kier alpha value is -1.27. The van der Waals surface area contributed by atoms with Crippen LogP contribution >= 0.6 is 10.7 Å². The van der Waals surface area contributed by atoms with Gasteiger partial charge in [0.1, 0.15) is 11.0 Å². The van der Waals surface area contributed by atoms with Gasteiger partial charge in [-0.3, -0.25) is 4.79 Å². The summed E-state index contributed by atoms with van der Waals surface area (Å²) in [6.45, 7) is 5.34. The highest BCUT2D eigenvalue weighted by Gasteiger charge is 2.37. The number of rotatable bonds is 6. The SMILES string of the molecule is CC(C)COc1ccc(CN2CC(S(=O)(=O)Cl)CC2=O)cc1. The number of carbonyl (C=O) groups is 1. The van der Waals surface area contributed by atoms with Crippen LogP contribution in [0.5, 0.6) is 5.75 Å². The van der Waals surface area contributed by atoms with Crippen LogP contribution in [0.25, 0.3) is 0 Å². The largest absolute Gasteiger partial charge is 0.493 e. The van der Waals surface area contributed by atoms with Crippen LogP contribution in [0, 0.1) is 5.92 Å². The molecule has 1 saturated heterocycles. The van der Waals surface area contributed by atoms with Gasteiger partial charge in [-0.2, -0.15) is 0 Å². The van der Waals surface area contributed by atoms with Crippen LogP contribution in [-0.4, -0.2) is 37.6 Å². The van der Waals surface area contributed by atoms with Gasteiger partial charge in [-0.05, 0) is 23.6 Å². The molecule has 2 rings (SSSR count). The minimum atomic E-state index is -3.69. The van der Waals surface area contributed by atoms with E-state index in [4.69, 9.17) is 15.4 Å². The fourth-order valence-corrected chi connectivity index (χ4v) is 3.31. The van der Waals surface area contributed by atoms with E-state index in [9.17, 15) is 13.2 Å². The molecular weight excluding hydrogens is 326 g/mol. The van der Waals surface area contributed by atoms with Crippen LogP contribution in [0.4, 0.5) is 0 Å². The van der Waals surface area contributed by atoms with Gasteiger partial charge in [0.15, 0.2) is 0 Å². The summed E-state index contributed by atoms with van der Waals surface area (Å²) in [5.74, 6) is 1.05. The first-order valence-corrected chi connectivity index (χ1v) is 9.56. The number of likely N-dealkylation sites (tertiary alicyclic amines) is 1. The van der Waals surface area contributed by atoms with E-state index in [1.807, 2.05) is 24.3 Å². The van der Waals surface area contributed by atoms with E-state index in [0.29, 0.717) is 19.1 Å². The number of hydrogen-bond donors (Lipinski definition) is 0. The van der Waals surface area contributed by atoms with Crippen LogP contribution in [0.2, 0.25) is 0 Å².